The van der Waals surface area contributed by atoms with E-state index in [0.29, 0.717) is 28.0 Å². The van der Waals surface area contributed by atoms with Gasteiger partial charge in [0.05, 0.1) is 23.2 Å². The summed E-state index contributed by atoms with van der Waals surface area (Å²) < 4.78 is 43.8. The third-order valence-corrected chi connectivity index (χ3v) is 4.19. The van der Waals surface area contributed by atoms with Crippen LogP contribution < -0.4 is 15.5 Å². The average Bonchev–Trinajstić information content (AvgIpc) is 2.60. The highest BCUT2D eigenvalue weighted by Gasteiger charge is 2.33. The summed E-state index contributed by atoms with van der Waals surface area (Å²) in [5.74, 6) is 0.959. The number of hydrogen-bond acceptors (Lipinski definition) is 3. The third kappa shape index (κ3) is 3.77. The molecule has 0 fully saturated rings. The lowest BCUT2D eigenvalue weighted by molar-refractivity contribution is -0.137. The first-order valence-electron chi connectivity index (χ1n) is 7.58. The van der Waals surface area contributed by atoms with Gasteiger partial charge in [-0.3, -0.25) is 4.79 Å². The first kappa shape index (κ1) is 18.1. The molecule has 2 aromatic carbocycles. The van der Waals surface area contributed by atoms with Crippen LogP contribution in [0, 0.1) is 0 Å². The van der Waals surface area contributed by atoms with Crippen molar-refractivity contribution in [3.8, 4) is 5.75 Å². The summed E-state index contributed by atoms with van der Waals surface area (Å²) in [6.45, 7) is 0.0951. The molecule has 3 aromatic rings. The molecule has 0 spiro atoms. The summed E-state index contributed by atoms with van der Waals surface area (Å²) in [6, 6.07) is 10.1. The number of ether oxygens (including phenoxy) is 1. The molecule has 2 N–H and O–H groups in total. The molecule has 0 radical (unpaired) electrons. The van der Waals surface area contributed by atoms with E-state index < -0.39 is 11.7 Å². The molecule has 0 saturated carbocycles. The summed E-state index contributed by atoms with van der Waals surface area (Å²) in [5.41, 5.74) is -0.143. The molecular formula is C18H14ClF3N2O2. The molecule has 26 heavy (non-hydrogen) atoms. The van der Waals surface area contributed by atoms with Gasteiger partial charge in [0, 0.05) is 18.0 Å². The predicted molar refractivity (Wildman–Crippen MR) is 94.9 cm³/mol. The number of nitrogens with one attached hydrogen (secondary N) is 2. The van der Waals surface area contributed by atoms with Crippen LogP contribution in [-0.2, 0) is 12.7 Å². The molecule has 0 aliphatic rings. The standard InChI is InChI=1S/C18H14ClF3N2O2/c1-26-11-3-5-15-12(7-11)16(25)8-17(24-15)23-9-10-2-4-14(19)13(6-10)18(20,21)22/h2-8H,9H2,1H3,(H2,23,24,25). The Balaban J connectivity index is 1.85. The van der Waals surface area contributed by atoms with Crippen LogP contribution in [-0.4, -0.2) is 12.1 Å². The minimum absolute atomic E-state index is 0.0951. The Morgan fingerprint density at radius 1 is 1.15 bits per heavy atom. The normalized spacial score (nSPS) is 11.6. The van der Waals surface area contributed by atoms with E-state index in [-0.39, 0.29) is 17.0 Å². The maximum atomic E-state index is 12.9. The average molecular weight is 383 g/mol. The van der Waals surface area contributed by atoms with Crippen LogP contribution in [0.1, 0.15) is 11.1 Å². The van der Waals surface area contributed by atoms with E-state index in [1.54, 1.807) is 18.2 Å². The molecule has 4 nitrogen and oxygen atoms in total. The van der Waals surface area contributed by atoms with Crippen molar-refractivity contribution in [2.24, 2.45) is 0 Å². The van der Waals surface area contributed by atoms with Crippen molar-refractivity contribution in [1.82, 2.24) is 4.98 Å². The molecule has 0 aliphatic heterocycles. The monoisotopic (exact) mass is 382 g/mol. The van der Waals surface area contributed by atoms with E-state index in [0.717, 1.165) is 6.07 Å². The molecule has 0 aliphatic carbocycles. The summed E-state index contributed by atoms with van der Waals surface area (Å²) in [4.78, 5) is 15.3. The number of anilines is 1. The lowest BCUT2D eigenvalue weighted by Gasteiger charge is -2.12. The quantitative estimate of drug-likeness (QED) is 0.680. The van der Waals surface area contributed by atoms with Crippen molar-refractivity contribution >= 4 is 28.3 Å². The topological polar surface area (TPSA) is 54.1 Å². The molecular weight excluding hydrogens is 369 g/mol. The number of methoxy groups -OCH3 is 1. The zero-order chi connectivity index (χ0) is 18.9. The first-order chi connectivity index (χ1) is 12.3. The van der Waals surface area contributed by atoms with Crippen LogP contribution in [0.15, 0.2) is 47.3 Å². The maximum absolute atomic E-state index is 12.9. The number of aromatic nitrogens is 1. The predicted octanol–water partition coefficient (Wildman–Crippen LogP) is 4.82. The lowest BCUT2D eigenvalue weighted by Crippen LogP contribution is -2.10. The Morgan fingerprint density at radius 3 is 2.62 bits per heavy atom. The van der Waals surface area contributed by atoms with Crippen molar-refractivity contribution in [3.63, 3.8) is 0 Å². The smallest absolute Gasteiger partial charge is 0.417 e. The minimum Gasteiger partial charge on any atom is -0.497 e. The number of halogens is 4. The van der Waals surface area contributed by atoms with E-state index in [1.807, 2.05) is 0 Å². The molecule has 0 saturated heterocycles. The number of benzene rings is 2. The second kappa shape index (κ2) is 6.92. The highest BCUT2D eigenvalue weighted by Crippen LogP contribution is 2.35. The number of rotatable bonds is 4. The summed E-state index contributed by atoms with van der Waals surface area (Å²) in [7, 11) is 1.51. The third-order valence-electron chi connectivity index (χ3n) is 3.86. The van der Waals surface area contributed by atoms with E-state index in [9.17, 15) is 18.0 Å². The molecule has 3 rings (SSSR count). The van der Waals surface area contributed by atoms with Crippen LogP contribution in [0.5, 0.6) is 5.75 Å². The van der Waals surface area contributed by atoms with Crippen molar-refractivity contribution in [3.05, 3.63) is 68.8 Å². The van der Waals surface area contributed by atoms with E-state index in [1.165, 1.54) is 25.3 Å². The minimum atomic E-state index is -4.52. The highest BCUT2D eigenvalue weighted by atomic mass is 35.5. The van der Waals surface area contributed by atoms with Gasteiger partial charge in [-0.15, -0.1) is 0 Å². The van der Waals surface area contributed by atoms with E-state index in [2.05, 4.69) is 10.3 Å². The van der Waals surface area contributed by atoms with Crippen molar-refractivity contribution in [1.29, 1.82) is 0 Å². The maximum Gasteiger partial charge on any atom is 0.417 e. The van der Waals surface area contributed by atoms with Gasteiger partial charge in [0.2, 0.25) is 0 Å². The van der Waals surface area contributed by atoms with Crippen LogP contribution >= 0.6 is 11.6 Å². The molecule has 1 heterocycles. The van der Waals surface area contributed by atoms with Crippen LogP contribution in [0.25, 0.3) is 10.9 Å². The molecule has 0 bridgehead atoms. The highest BCUT2D eigenvalue weighted by molar-refractivity contribution is 6.31. The molecule has 8 heteroatoms. The Hall–Kier alpha value is -2.67. The van der Waals surface area contributed by atoms with Crippen LogP contribution in [0.2, 0.25) is 5.02 Å². The second-order valence-corrected chi connectivity index (χ2v) is 6.03. The fourth-order valence-corrected chi connectivity index (χ4v) is 2.77. The number of fused-ring (bicyclic) bond motifs is 1. The fraction of sp³-hybridized carbons (Fsp3) is 0.167. The van der Waals surface area contributed by atoms with Crippen molar-refractivity contribution in [2.75, 3.05) is 12.4 Å². The van der Waals surface area contributed by atoms with Crippen molar-refractivity contribution in [2.45, 2.75) is 12.7 Å². The van der Waals surface area contributed by atoms with Gasteiger partial charge in [-0.1, -0.05) is 17.7 Å². The zero-order valence-corrected chi connectivity index (χ0v) is 14.3. The van der Waals surface area contributed by atoms with E-state index in [4.69, 9.17) is 16.3 Å². The van der Waals surface area contributed by atoms with Crippen LogP contribution in [0.3, 0.4) is 0 Å². The van der Waals surface area contributed by atoms with Gasteiger partial charge in [-0.25, -0.2) is 0 Å². The van der Waals surface area contributed by atoms with Gasteiger partial charge < -0.3 is 15.0 Å². The Bertz CT molecular complexity index is 1020. The SMILES string of the molecule is COc1ccc2[nH]c(NCc3ccc(Cl)c(C(F)(F)F)c3)cc(=O)c2c1. The van der Waals surface area contributed by atoms with Crippen LogP contribution in [0.4, 0.5) is 19.0 Å². The van der Waals surface area contributed by atoms with E-state index >= 15 is 0 Å². The fourth-order valence-electron chi connectivity index (χ4n) is 2.55. The number of alkyl halides is 3. The number of pyridine rings is 1. The molecule has 136 valence electrons. The number of H-pyrrole nitrogens is 1. The number of hydrogen-bond donors (Lipinski definition) is 2. The Labute approximate surface area is 151 Å². The van der Waals surface area contributed by atoms with Gasteiger partial charge in [-0.2, -0.15) is 13.2 Å². The second-order valence-electron chi connectivity index (χ2n) is 5.62. The molecule has 1 aromatic heterocycles. The Kier molecular flexibility index (Phi) is 4.82. The lowest BCUT2D eigenvalue weighted by atomic mass is 10.1. The zero-order valence-electron chi connectivity index (χ0n) is 13.6. The van der Waals surface area contributed by atoms with Crippen molar-refractivity contribution < 1.29 is 17.9 Å². The Morgan fingerprint density at radius 2 is 1.92 bits per heavy atom. The van der Waals surface area contributed by atoms with Gasteiger partial charge in [0.25, 0.3) is 0 Å². The van der Waals surface area contributed by atoms with Gasteiger partial charge >= 0.3 is 6.18 Å². The molecule has 0 unspecified atom stereocenters. The number of aromatic amines is 1. The molecule has 0 amide bonds. The van der Waals surface area contributed by atoms with Gasteiger partial charge in [-0.05, 0) is 35.9 Å². The summed E-state index contributed by atoms with van der Waals surface area (Å²) in [6.07, 6.45) is -4.52. The summed E-state index contributed by atoms with van der Waals surface area (Å²) >= 11 is 5.61. The van der Waals surface area contributed by atoms with Gasteiger partial charge in [0.15, 0.2) is 5.43 Å². The van der Waals surface area contributed by atoms with Gasteiger partial charge in [0.1, 0.15) is 11.6 Å². The molecule has 0 atom stereocenters. The largest absolute Gasteiger partial charge is 0.497 e. The first-order valence-corrected chi connectivity index (χ1v) is 7.96. The summed E-state index contributed by atoms with van der Waals surface area (Å²) in [5, 5.41) is 3.03.